The van der Waals surface area contributed by atoms with Crippen LogP contribution in [0.25, 0.3) is 5.69 Å². The summed E-state index contributed by atoms with van der Waals surface area (Å²) in [7, 11) is 1.39. The van der Waals surface area contributed by atoms with Crippen LogP contribution in [-0.2, 0) is 0 Å². The minimum atomic E-state index is -0.930. The summed E-state index contributed by atoms with van der Waals surface area (Å²) in [5.74, 6) is -1.03. The number of halogens is 1. The van der Waals surface area contributed by atoms with Crippen LogP contribution >= 0.6 is 0 Å². The van der Waals surface area contributed by atoms with Crippen molar-refractivity contribution < 1.29 is 14.2 Å². The third-order valence-corrected chi connectivity index (χ3v) is 2.71. The highest BCUT2D eigenvalue weighted by Crippen LogP contribution is 2.22. The van der Waals surface area contributed by atoms with Gasteiger partial charge in [0.2, 0.25) is 5.88 Å². The standard InChI is InChI=1S/C12H11FN2O4/c1-6-10(16)14-12(18)15(11(6)17)9-5-7(19-2)3-4-8(9)13/h3-5,17H,1-2H3,(H,14,16,18). The molecule has 0 aliphatic rings. The number of rotatable bonds is 2. The van der Waals surface area contributed by atoms with Gasteiger partial charge in [0, 0.05) is 6.07 Å². The molecule has 0 aliphatic carbocycles. The summed E-state index contributed by atoms with van der Waals surface area (Å²) in [4.78, 5) is 25.0. The van der Waals surface area contributed by atoms with Crippen LogP contribution in [0, 0.1) is 12.7 Å². The highest BCUT2D eigenvalue weighted by Gasteiger charge is 2.15. The first-order chi connectivity index (χ1) is 8.95. The summed E-state index contributed by atoms with van der Waals surface area (Å²) in [6.45, 7) is 1.32. The Bertz CT molecular complexity index is 748. The Morgan fingerprint density at radius 2 is 2.05 bits per heavy atom. The van der Waals surface area contributed by atoms with Crippen molar-refractivity contribution in [3.63, 3.8) is 0 Å². The first-order valence-electron chi connectivity index (χ1n) is 5.34. The zero-order chi connectivity index (χ0) is 14.2. The molecule has 0 bridgehead atoms. The molecule has 0 unspecified atom stereocenters. The van der Waals surface area contributed by atoms with Gasteiger partial charge in [-0.2, -0.15) is 0 Å². The number of nitrogens with one attached hydrogen (secondary N) is 1. The Labute approximate surface area is 106 Å². The third kappa shape index (κ3) is 2.10. The van der Waals surface area contributed by atoms with Crippen LogP contribution < -0.4 is 16.0 Å². The monoisotopic (exact) mass is 266 g/mol. The van der Waals surface area contributed by atoms with E-state index in [2.05, 4.69) is 0 Å². The minimum absolute atomic E-state index is 0.0816. The van der Waals surface area contributed by atoms with Crippen LogP contribution in [0.5, 0.6) is 11.6 Å². The van der Waals surface area contributed by atoms with Gasteiger partial charge < -0.3 is 9.84 Å². The highest BCUT2D eigenvalue weighted by atomic mass is 19.1. The van der Waals surface area contributed by atoms with Gasteiger partial charge in [0.05, 0.1) is 18.4 Å². The van der Waals surface area contributed by atoms with E-state index in [4.69, 9.17) is 4.74 Å². The van der Waals surface area contributed by atoms with Crippen LogP contribution in [0.15, 0.2) is 27.8 Å². The number of hydrogen-bond donors (Lipinski definition) is 2. The van der Waals surface area contributed by atoms with Gasteiger partial charge in [-0.25, -0.2) is 13.8 Å². The molecule has 2 N–H and O–H groups in total. The summed E-state index contributed by atoms with van der Waals surface area (Å²) >= 11 is 0. The molecule has 0 fully saturated rings. The van der Waals surface area contributed by atoms with E-state index in [0.29, 0.717) is 10.3 Å². The molecule has 0 spiro atoms. The molecule has 2 aromatic rings. The van der Waals surface area contributed by atoms with Crippen molar-refractivity contribution >= 4 is 0 Å². The SMILES string of the molecule is COc1ccc(F)c(-n2c(O)c(C)c(=O)[nH]c2=O)c1. The van der Waals surface area contributed by atoms with Gasteiger partial charge in [0.25, 0.3) is 5.56 Å². The third-order valence-electron chi connectivity index (χ3n) is 2.71. The Morgan fingerprint density at radius 1 is 1.37 bits per heavy atom. The summed E-state index contributed by atoms with van der Waals surface area (Å²) in [5.41, 5.74) is -1.94. The maximum atomic E-state index is 13.8. The Morgan fingerprint density at radius 3 is 2.68 bits per heavy atom. The molecule has 0 aliphatic heterocycles. The number of methoxy groups -OCH3 is 1. The molecule has 1 aromatic heterocycles. The molecule has 2 rings (SSSR count). The number of ether oxygens (including phenoxy) is 1. The molecule has 0 saturated heterocycles. The van der Waals surface area contributed by atoms with Crippen LogP contribution in [-0.4, -0.2) is 21.8 Å². The predicted molar refractivity (Wildman–Crippen MR) is 65.6 cm³/mol. The van der Waals surface area contributed by atoms with Crippen molar-refractivity contribution in [3.8, 4) is 17.3 Å². The van der Waals surface area contributed by atoms with E-state index in [1.54, 1.807) is 0 Å². The van der Waals surface area contributed by atoms with Crippen LogP contribution in [0.4, 0.5) is 4.39 Å². The molecule has 0 radical (unpaired) electrons. The van der Waals surface area contributed by atoms with Gasteiger partial charge in [-0.05, 0) is 19.1 Å². The van der Waals surface area contributed by atoms with E-state index in [9.17, 15) is 19.1 Å². The smallest absolute Gasteiger partial charge is 0.335 e. The molecule has 0 amide bonds. The van der Waals surface area contributed by atoms with E-state index in [-0.39, 0.29) is 11.3 Å². The second-order valence-electron chi connectivity index (χ2n) is 3.86. The molecule has 0 atom stereocenters. The molecule has 100 valence electrons. The van der Waals surface area contributed by atoms with Crippen molar-refractivity contribution in [2.24, 2.45) is 0 Å². The average Bonchev–Trinajstić information content (AvgIpc) is 2.38. The summed E-state index contributed by atoms with van der Waals surface area (Å²) in [6.07, 6.45) is 0. The Kier molecular flexibility index (Phi) is 3.12. The van der Waals surface area contributed by atoms with E-state index >= 15 is 0 Å². The summed E-state index contributed by atoms with van der Waals surface area (Å²) < 4.78 is 19.4. The average molecular weight is 266 g/mol. The lowest BCUT2D eigenvalue weighted by atomic mass is 10.2. The second-order valence-corrected chi connectivity index (χ2v) is 3.86. The van der Waals surface area contributed by atoms with E-state index in [0.717, 1.165) is 6.07 Å². The van der Waals surface area contributed by atoms with Crippen molar-refractivity contribution in [1.29, 1.82) is 0 Å². The Balaban J connectivity index is 2.83. The number of H-pyrrole nitrogens is 1. The minimum Gasteiger partial charge on any atom is -0.497 e. The fraction of sp³-hybridized carbons (Fsp3) is 0.167. The van der Waals surface area contributed by atoms with E-state index in [1.165, 1.54) is 26.2 Å². The fourth-order valence-corrected chi connectivity index (χ4v) is 1.63. The van der Waals surface area contributed by atoms with Crippen molar-refractivity contribution in [1.82, 2.24) is 9.55 Å². The fourth-order valence-electron chi connectivity index (χ4n) is 1.63. The topological polar surface area (TPSA) is 84.3 Å². The molecule has 1 aromatic carbocycles. The van der Waals surface area contributed by atoms with Crippen LogP contribution in [0.1, 0.15) is 5.56 Å². The van der Waals surface area contributed by atoms with Crippen molar-refractivity contribution in [3.05, 3.63) is 50.4 Å². The van der Waals surface area contributed by atoms with Gasteiger partial charge >= 0.3 is 5.69 Å². The quantitative estimate of drug-likeness (QED) is 0.837. The normalized spacial score (nSPS) is 10.5. The zero-order valence-corrected chi connectivity index (χ0v) is 10.2. The van der Waals surface area contributed by atoms with Gasteiger partial charge in [-0.15, -0.1) is 0 Å². The predicted octanol–water partition coefficient (Wildman–Crippen LogP) is 0.688. The number of aromatic amines is 1. The van der Waals surface area contributed by atoms with E-state index < -0.39 is 22.9 Å². The maximum Gasteiger partial charge on any atom is 0.335 e. The van der Waals surface area contributed by atoms with Crippen LogP contribution in [0.3, 0.4) is 0 Å². The van der Waals surface area contributed by atoms with Gasteiger partial charge in [-0.1, -0.05) is 0 Å². The van der Waals surface area contributed by atoms with Gasteiger partial charge in [0.15, 0.2) is 0 Å². The molecule has 0 saturated carbocycles. The summed E-state index contributed by atoms with van der Waals surface area (Å²) in [6, 6.07) is 3.72. The highest BCUT2D eigenvalue weighted by molar-refractivity contribution is 5.43. The number of hydrogen-bond acceptors (Lipinski definition) is 4. The maximum absolute atomic E-state index is 13.8. The van der Waals surface area contributed by atoms with Crippen molar-refractivity contribution in [2.75, 3.05) is 7.11 Å². The molecule has 1 heterocycles. The lowest BCUT2D eigenvalue weighted by molar-refractivity contribution is 0.409. The van der Waals surface area contributed by atoms with Crippen molar-refractivity contribution in [2.45, 2.75) is 6.92 Å². The van der Waals surface area contributed by atoms with Gasteiger partial charge in [0.1, 0.15) is 11.6 Å². The van der Waals surface area contributed by atoms with E-state index in [1.807, 2.05) is 4.98 Å². The lowest BCUT2D eigenvalue weighted by Gasteiger charge is -2.11. The number of aromatic nitrogens is 2. The first-order valence-corrected chi connectivity index (χ1v) is 5.34. The first kappa shape index (κ1) is 12.9. The number of nitrogens with zero attached hydrogens (tertiary/aromatic N) is 1. The molecule has 7 heteroatoms. The van der Waals surface area contributed by atoms with Crippen LogP contribution in [0.2, 0.25) is 0 Å². The number of aromatic hydroxyl groups is 1. The zero-order valence-electron chi connectivity index (χ0n) is 10.2. The molecular weight excluding hydrogens is 255 g/mol. The second kappa shape index (κ2) is 4.60. The van der Waals surface area contributed by atoms with Gasteiger partial charge in [-0.3, -0.25) is 9.78 Å². The lowest BCUT2D eigenvalue weighted by Crippen LogP contribution is -2.30. The molecular formula is C12H11FN2O4. The summed E-state index contributed by atoms with van der Waals surface area (Å²) in [5, 5.41) is 9.84. The Hall–Kier alpha value is -2.57. The molecule has 19 heavy (non-hydrogen) atoms. The molecule has 6 nitrogen and oxygen atoms in total. The largest absolute Gasteiger partial charge is 0.497 e. The number of benzene rings is 1.